The topological polar surface area (TPSA) is 124 Å². The highest BCUT2D eigenvalue weighted by Crippen LogP contribution is 2.38. The highest BCUT2D eigenvalue weighted by molar-refractivity contribution is 7.21. The van der Waals surface area contributed by atoms with E-state index in [1.54, 1.807) is 11.6 Å². The number of hydrogen-bond acceptors (Lipinski definition) is 7. The van der Waals surface area contributed by atoms with Crippen LogP contribution in [0.5, 0.6) is 0 Å². The number of oxime groups is 1. The van der Waals surface area contributed by atoms with E-state index in [0.717, 1.165) is 22.6 Å². The Bertz CT molecular complexity index is 1270. The third-order valence-corrected chi connectivity index (χ3v) is 6.22. The molecule has 1 atom stereocenters. The highest BCUT2D eigenvalue weighted by atomic mass is 32.1. The maximum Gasteiger partial charge on any atom is 0.280 e. The van der Waals surface area contributed by atoms with Crippen molar-refractivity contribution in [2.75, 3.05) is 5.32 Å². The lowest BCUT2D eigenvalue weighted by Crippen LogP contribution is -2.29. The highest BCUT2D eigenvalue weighted by Gasteiger charge is 2.32. The molecule has 2 amide bonds. The summed E-state index contributed by atoms with van der Waals surface area (Å²) in [5.41, 5.74) is 7.79. The van der Waals surface area contributed by atoms with Crippen molar-refractivity contribution in [2.45, 2.75) is 46.3 Å². The monoisotopic (exact) mass is 462 g/mol. The Morgan fingerprint density at radius 3 is 2.78 bits per heavy atom. The molecule has 1 unspecified atom stereocenters. The number of anilines is 1. The normalized spacial score (nSPS) is 15.8. The molecular formula is C20H20F2N6O3S. The number of nitrogens with one attached hydrogen (secondary N) is 1. The van der Waals surface area contributed by atoms with Gasteiger partial charge in [0.1, 0.15) is 15.4 Å². The van der Waals surface area contributed by atoms with Crippen molar-refractivity contribution >= 4 is 44.8 Å². The van der Waals surface area contributed by atoms with Crippen molar-refractivity contribution in [3.8, 4) is 0 Å². The number of nitrogens with two attached hydrogens (primary N) is 1. The molecular weight excluding hydrogens is 442 g/mol. The van der Waals surface area contributed by atoms with Crippen LogP contribution in [0.1, 0.15) is 52.0 Å². The quantitative estimate of drug-likeness (QED) is 0.582. The first-order chi connectivity index (χ1) is 15.2. The van der Waals surface area contributed by atoms with Gasteiger partial charge in [0.2, 0.25) is 6.10 Å². The van der Waals surface area contributed by atoms with Gasteiger partial charge in [-0.2, -0.15) is 5.10 Å². The van der Waals surface area contributed by atoms with Gasteiger partial charge in [-0.15, -0.1) is 11.3 Å². The number of amides is 2. The number of aromatic nitrogens is 3. The first kappa shape index (κ1) is 21.8. The molecule has 1 aliphatic rings. The van der Waals surface area contributed by atoms with Crippen LogP contribution in [0.15, 0.2) is 17.4 Å². The van der Waals surface area contributed by atoms with E-state index in [1.807, 2.05) is 20.0 Å². The van der Waals surface area contributed by atoms with Crippen molar-refractivity contribution in [3.63, 3.8) is 0 Å². The fourth-order valence-electron chi connectivity index (χ4n) is 3.56. The van der Waals surface area contributed by atoms with Crippen LogP contribution < -0.4 is 11.1 Å². The molecule has 0 radical (unpaired) electrons. The van der Waals surface area contributed by atoms with Gasteiger partial charge in [0, 0.05) is 30.1 Å². The zero-order valence-electron chi connectivity index (χ0n) is 17.5. The van der Waals surface area contributed by atoms with Gasteiger partial charge in [0.15, 0.2) is 0 Å². The predicted molar refractivity (Wildman–Crippen MR) is 115 cm³/mol. The predicted octanol–water partition coefficient (Wildman–Crippen LogP) is 3.30. The molecule has 0 saturated heterocycles. The van der Waals surface area contributed by atoms with E-state index in [0.29, 0.717) is 23.2 Å². The Labute approximate surface area is 185 Å². The van der Waals surface area contributed by atoms with Gasteiger partial charge in [-0.05, 0) is 32.4 Å². The van der Waals surface area contributed by atoms with E-state index in [4.69, 9.17) is 10.6 Å². The van der Waals surface area contributed by atoms with Gasteiger partial charge < -0.3 is 15.9 Å². The molecule has 0 aromatic carbocycles. The number of halogens is 2. The molecule has 3 aromatic heterocycles. The lowest BCUT2D eigenvalue weighted by atomic mass is 10.1. The van der Waals surface area contributed by atoms with E-state index in [-0.39, 0.29) is 21.8 Å². The number of carbonyl (C=O) groups is 2. The molecule has 0 saturated carbocycles. The summed E-state index contributed by atoms with van der Waals surface area (Å²) >= 11 is 0.853. The zero-order chi connectivity index (χ0) is 23.2. The number of alkyl halides is 2. The maximum absolute atomic E-state index is 13.1. The summed E-state index contributed by atoms with van der Waals surface area (Å²) < 4.78 is 28.0. The van der Waals surface area contributed by atoms with Crippen molar-refractivity contribution in [2.24, 2.45) is 10.9 Å². The summed E-state index contributed by atoms with van der Waals surface area (Å²) in [6, 6.07) is 1.22. The average Bonchev–Trinajstić information content (AvgIpc) is 3.44. The number of primary amides is 1. The summed E-state index contributed by atoms with van der Waals surface area (Å²) in [5, 5.41) is 11.5. The third kappa shape index (κ3) is 3.81. The minimum atomic E-state index is -2.77. The van der Waals surface area contributed by atoms with Crippen LogP contribution in [-0.2, 0) is 16.2 Å². The number of thiophene rings is 1. The van der Waals surface area contributed by atoms with Gasteiger partial charge >= 0.3 is 0 Å². The molecule has 168 valence electrons. The molecule has 4 rings (SSSR count). The van der Waals surface area contributed by atoms with Gasteiger partial charge in [-0.3, -0.25) is 14.3 Å². The van der Waals surface area contributed by atoms with Gasteiger partial charge in [0.25, 0.3) is 18.2 Å². The summed E-state index contributed by atoms with van der Waals surface area (Å²) in [5.74, 6) is -1.34. The van der Waals surface area contributed by atoms with Crippen LogP contribution in [-0.4, -0.2) is 38.4 Å². The largest absolute Gasteiger partial charge is 0.382 e. The number of nitrogens with zero attached hydrogens (tertiary/aromatic N) is 4. The number of rotatable bonds is 6. The van der Waals surface area contributed by atoms with Crippen LogP contribution in [0.3, 0.4) is 0 Å². The van der Waals surface area contributed by atoms with E-state index >= 15 is 0 Å². The summed E-state index contributed by atoms with van der Waals surface area (Å²) in [6.07, 6.45) is -1.65. The van der Waals surface area contributed by atoms with Gasteiger partial charge in [-0.25, -0.2) is 13.8 Å². The van der Waals surface area contributed by atoms with E-state index in [1.165, 1.54) is 6.07 Å². The summed E-state index contributed by atoms with van der Waals surface area (Å²) in [4.78, 5) is 34.4. The lowest BCUT2D eigenvalue weighted by Gasteiger charge is -2.11. The van der Waals surface area contributed by atoms with Gasteiger partial charge in [0.05, 0.1) is 17.1 Å². The minimum Gasteiger partial charge on any atom is -0.382 e. The third-order valence-electron chi connectivity index (χ3n) is 5.12. The zero-order valence-corrected chi connectivity index (χ0v) is 18.3. The smallest absolute Gasteiger partial charge is 0.280 e. The van der Waals surface area contributed by atoms with E-state index < -0.39 is 30.0 Å². The van der Waals surface area contributed by atoms with Crippen LogP contribution >= 0.6 is 11.3 Å². The first-order valence-electron chi connectivity index (χ1n) is 9.79. The van der Waals surface area contributed by atoms with Crippen molar-refractivity contribution in [1.82, 2.24) is 14.8 Å². The molecule has 4 heterocycles. The van der Waals surface area contributed by atoms with Crippen LogP contribution in [0.4, 0.5) is 14.5 Å². The molecule has 0 bridgehead atoms. The minimum absolute atomic E-state index is 0.0228. The summed E-state index contributed by atoms with van der Waals surface area (Å²) in [6.45, 7) is 6.10. The number of hydrogen-bond donors (Lipinski definition) is 2. The maximum atomic E-state index is 13.1. The van der Waals surface area contributed by atoms with Crippen molar-refractivity contribution in [1.29, 1.82) is 0 Å². The fraction of sp³-hybridized carbons (Fsp3) is 0.350. The number of carbonyl (C=O) groups excluding carboxylic acids is 2. The Kier molecular flexibility index (Phi) is 5.63. The molecule has 12 heteroatoms. The van der Waals surface area contributed by atoms with Crippen LogP contribution in [0, 0.1) is 13.8 Å². The van der Waals surface area contributed by atoms with Crippen molar-refractivity contribution in [3.05, 3.63) is 39.7 Å². The van der Waals surface area contributed by atoms with Crippen molar-refractivity contribution < 1.29 is 23.2 Å². The molecule has 3 N–H and O–H groups in total. The molecule has 0 aliphatic carbocycles. The second-order valence-corrected chi connectivity index (χ2v) is 8.32. The van der Waals surface area contributed by atoms with Crippen LogP contribution in [0.2, 0.25) is 0 Å². The molecule has 3 aromatic rings. The molecule has 1 aliphatic heterocycles. The number of aryl methyl sites for hydroxylation is 3. The second kappa shape index (κ2) is 8.26. The van der Waals surface area contributed by atoms with Crippen LogP contribution in [0.25, 0.3) is 10.2 Å². The average molecular weight is 462 g/mol. The van der Waals surface area contributed by atoms with E-state index in [9.17, 15) is 18.4 Å². The fourth-order valence-corrected chi connectivity index (χ4v) is 4.62. The Morgan fingerprint density at radius 2 is 2.16 bits per heavy atom. The van der Waals surface area contributed by atoms with Gasteiger partial charge in [-0.1, -0.05) is 5.16 Å². The Morgan fingerprint density at radius 1 is 1.41 bits per heavy atom. The number of fused-ring (bicyclic) bond motifs is 1. The lowest BCUT2D eigenvalue weighted by molar-refractivity contribution is -0.125. The van der Waals surface area contributed by atoms with E-state index in [2.05, 4.69) is 20.6 Å². The summed E-state index contributed by atoms with van der Waals surface area (Å²) in [7, 11) is 0. The standard InChI is InChI=1S/C20H20F2N6O3S/c1-4-28-7-10(9(3)26-28)11-6-13(31-27-11)19(30)25-15-14-8(2)5-12(17(21)22)24-20(14)32-16(15)18(23)29/h5,7,13,17H,4,6H2,1-3H3,(H2,23,29)(H,25,30). The number of pyridine rings is 1. The SMILES string of the molecule is CCn1cc(C2=NOC(C(=O)Nc3c(C(N)=O)sc4nc(C(F)F)cc(C)c34)C2)c(C)n1. The molecule has 32 heavy (non-hydrogen) atoms. The Hall–Kier alpha value is -3.41. The Balaban J connectivity index is 1.61. The first-order valence-corrected chi connectivity index (χ1v) is 10.6. The molecule has 0 fully saturated rings. The molecule has 0 spiro atoms. The second-order valence-electron chi connectivity index (χ2n) is 7.32. The molecule has 9 nitrogen and oxygen atoms in total.